The second-order valence-corrected chi connectivity index (χ2v) is 3.50. The molecule has 2 rings (SSSR count). The van der Waals surface area contributed by atoms with E-state index in [2.05, 4.69) is 23.3 Å². The predicted molar refractivity (Wildman–Crippen MR) is 49.0 cm³/mol. The molecule has 1 aromatic heterocycles. The molecular formula is C10H14N2. The van der Waals surface area contributed by atoms with E-state index < -0.39 is 0 Å². The molecule has 12 heavy (non-hydrogen) atoms. The highest BCUT2D eigenvalue weighted by molar-refractivity contribution is 5.18. The van der Waals surface area contributed by atoms with E-state index in [-0.39, 0.29) is 0 Å². The Labute approximate surface area is 73.0 Å². The van der Waals surface area contributed by atoms with Crippen molar-refractivity contribution < 1.29 is 0 Å². The van der Waals surface area contributed by atoms with E-state index in [1.165, 1.54) is 11.3 Å². The van der Waals surface area contributed by atoms with Crippen LogP contribution in [0, 0.1) is 12.8 Å². The maximum Gasteiger partial charge on any atom is 0.0436 e. The van der Waals surface area contributed by atoms with Crippen molar-refractivity contribution in [1.29, 1.82) is 0 Å². The Morgan fingerprint density at radius 2 is 2.42 bits per heavy atom. The minimum atomic E-state index is 0.818. The summed E-state index contributed by atoms with van der Waals surface area (Å²) in [7, 11) is 0. The number of aryl methyl sites for hydroxylation is 1. The minimum Gasteiger partial charge on any atom is -0.316 e. The monoisotopic (exact) mass is 162 g/mol. The van der Waals surface area contributed by atoms with E-state index in [4.69, 9.17) is 0 Å². The number of hydrogen-bond acceptors (Lipinski definition) is 2. The number of pyridine rings is 1. The highest BCUT2D eigenvalue weighted by atomic mass is 14.9. The first-order valence-electron chi connectivity index (χ1n) is 4.47. The molecule has 2 heteroatoms. The molecular weight excluding hydrogens is 148 g/mol. The van der Waals surface area contributed by atoms with Crippen LogP contribution in [-0.2, 0) is 6.42 Å². The smallest absolute Gasteiger partial charge is 0.0436 e. The average molecular weight is 162 g/mol. The van der Waals surface area contributed by atoms with Gasteiger partial charge in [0, 0.05) is 11.9 Å². The number of aromatic nitrogens is 1. The van der Waals surface area contributed by atoms with Crippen LogP contribution in [0.1, 0.15) is 11.3 Å². The molecule has 0 unspecified atom stereocenters. The SMILES string of the molecule is Cc1cccnc1CC1CNC1. The lowest BCUT2D eigenvalue weighted by molar-refractivity contribution is 0.343. The molecule has 0 amide bonds. The third kappa shape index (κ3) is 1.48. The Kier molecular flexibility index (Phi) is 2.09. The van der Waals surface area contributed by atoms with Gasteiger partial charge < -0.3 is 5.32 Å². The number of hydrogen-bond donors (Lipinski definition) is 1. The van der Waals surface area contributed by atoms with Crippen LogP contribution >= 0.6 is 0 Å². The van der Waals surface area contributed by atoms with Crippen molar-refractivity contribution >= 4 is 0 Å². The Bertz CT molecular complexity index is 266. The van der Waals surface area contributed by atoms with Crippen molar-refractivity contribution in [3.05, 3.63) is 29.6 Å². The van der Waals surface area contributed by atoms with Crippen molar-refractivity contribution in [3.8, 4) is 0 Å². The van der Waals surface area contributed by atoms with Gasteiger partial charge >= 0.3 is 0 Å². The molecule has 0 atom stereocenters. The summed E-state index contributed by atoms with van der Waals surface area (Å²) in [6.07, 6.45) is 3.02. The van der Waals surface area contributed by atoms with E-state index in [9.17, 15) is 0 Å². The fourth-order valence-electron chi connectivity index (χ4n) is 1.50. The normalized spacial score (nSPS) is 17.4. The van der Waals surface area contributed by atoms with Crippen molar-refractivity contribution in [2.75, 3.05) is 13.1 Å². The maximum atomic E-state index is 4.37. The molecule has 0 bridgehead atoms. The summed E-state index contributed by atoms with van der Waals surface area (Å²) in [5.74, 6) is 0.818. The van der Waals surface area contributed by atoms with Gasteiger partial charge in [-0.15, -0.1) is 0 Å². The maximum absolute atomic E-state index is 4.37. The van der Waals surface area contributed by atoms with E-state index >= 15 is 0 Å². The topological polar surface area (TPSA) is 24.9 Å². The van der Waals surface area contributed by atoms with Crippen LogP contribution in [0.2, 0.25) is 0 Å². The number of nitrogens with zero attached hydrogens (tertiary/aromatic N) is 1. The quantitative estimate of drug-likeness (QED) is 0.705. The Balaban J connectivity index is 2.06. The third-order valence-corrected chi connectivity index (χ3v) is 2.47. The Hall–Kier alpha value is -0.890. The van der Waals surface area contributed by atoms with E-state index in [1.807, 2.05) is 12.3 Å². The van der Waals surface area contributed by atoms with Crippen LogP contribution in [0.15, 0.2) is 18.3 Å². The van der Waals surface area contributed by atoms with Gasteiger partial charge in [0.2, 0.25) is 0 Å². The summed E-state index contributed by atoms with van der Waals surface area (Å²) in [5.41, 5.74) is 2.59. The van der Waals surface area contributed by atoms with Crippen LogP contribution < -0.4 is 5.32 Å². The molecule has 0 aliphatic carbocycles. The molecule has 1 aliphatic heterocycles. The Morgan fingerprint density at radius 3 is 3.00 bits per heavy atom. The molecule has 1 fully saturated rings. The summed E-state index contributed by atoms with van der Waals surface area (Å²) < 4.78 is 0. The Morgan fingerprint density at radius 1 is 1.58 bits per heavy atom. The standard InChI is InChI=1S/C10H14N2/c1-8-3-2-4-12-10(8)5-9-6-11-7-9/h2-4,9,11H,5-7H2,1H3. The second kappa shape index (κ2) is 3.23. The van der Waals surface area contributed by atoms with Crippen LogP contribution in [0.25, 0.3) is 0 Å². The van der Waals surface area contributed by atoms with Gasteiger partial charge in [-0.3, -0.25) is 4.98 Å². The molecule has 0 spiro atoms. The zero-order valence-electron chi connectivity index (χ0n) is 7.38. The van der Waals surface area contributed by atoms with Crippen molar-refractivity contribution in [2.24, 2.45) is 5.92 Å². The molecule has 1 aromatic rings. The molecule has 0 radical (unpaired) electrons. The fourth-order valence-corrected chi connectivity index (χ4v) is 1.50. The first kappa shape index (κ1) is 7.74. The highest BCUT2D eigenvalue weighted by Crippen LogP contribution is 2.13. The van der Waals surface area contributed by atoms with Crippen LogP contribution in [0.3, 0.4) is 0 Å². The zero-order valence-corrected chi connectivity index (χ0v) is 7.38. The van der Waals surface area contributed by atoms with Gasteiger partial charge in [0.1, 0.15) is 0 Å². The zero-order chi connectivity index (χ0) is 8.39. The first-order chi connectivity index (χ1) is 5.86. The number of nitrogens with one attached hydrogen (secondary N) is 1. The van der Waals surface area contributed by atoms with Crippen LogP contribution in [0.4, 0.5) is 0 Å². The van der Waals surface area contributed by atoms with Crippen molar-refractivity contribution in [2.45, 2.75) is 13.3 Å². The molecule has 1 saturated heterocycles. The van der Waals surface area contributed by atoms with Gasteiger partial charge in [-0.1, -0.05) is 6.07 Å². The molecule has 2 heterocycles. The lowest BCUT2D eigenvalue weighted by atomic mass is 9.95. The predicted octanol–water partition coefficient (Wildman–Crippen LogP) is 1.15. The summed E-state index contributed by atoms with van der Waals surface area (Å²) in [6.45, 7) is 4.46. The summed E-state index contributed by atoms with van der Waals surface area (Å²) in [5, 5.41) is 3.27. The van der Waals surface area contributed by atoms with E-state index in [0.717, 1.165) is 25.4 Å². The summed E-state index contributed by atoms with van der Waals surface area (Å²) >= 11 is 0. The summed E-state index contributed by atoms with van der Waals surface area (Å²) in [4.78, 5) is 4.37. The van der Waals surface area contributed by atoms with E-state index in [0.29, 0.717) is 0 Å². The summed E-state index contributed by atoms with van der Waals surface area (Å²) in [6, 6.07) is 4.13. The van der Waals surface area contributed by atoms with Crippen LogP contribution in [-0.4, -0.2) is 18.1 Å². The van der Waals surface area contributed by atoms with Crippen molar-refractivity contribution in [3.63, 3.8) is 0 Å². The average Bonchev–Trinajstić information content (AvgIpc) is 2.00. The molecule has 0 aromatic carbocycles. The second-order valence-electron chi connectivity index (χ2n) is 3.50. The molecule has 0 saturated carbocycles. The van der Waals surface area contributed by atoms with Gasteiger partial charge in [-0.2, -0.15) is 0 Å². The van der Waals surface area contributed by atoms with Crippen LogP contribution in [0.5, 0.6) is 0 Å². The van der Waals surface area contributed by atoms with Gasteiger partial charge in [0.25, 0.3) is 0 Å². The first-order valence-corrected chi connectivity index (χ1v) is 4.47. The molecule has 1 N–H and O–H groups in total. The third-order valence-electron chi connectivity index (χ3n) is 2.47. The van der Waals surface area contributed by atoms with Crippen molar-refractivity contribution in [1.82, 2.24) is 10.3 Å². The lowest BCUT2D eigenvalue weighted by Gasteiger charge is -2.27. The van der Waals surface area contributed by atoms with Gasteiger partial charge in [0.05, 0.1) is 0 Å². The van der Waals surface area contributed by atoms with Gasteiger partial charge in [0.15, 0.2) is 0 Å². The lowest BCUT2D eigenvalue weighted by Crippen LogP contribution is -2.43. The van der Waals surface area contributed by atoms with E-state index in [1.54, 1.807) is 0 Å². The number of rotatable bonds is 2. The minimum absolute atomic E-state index is 0.818. The highest BCUT2D eigenvalue weighted by Gasteiger charge is 2.17. The molecule has 64 valence electrons. The largest absolute Gasteiger partial charge is 0.316 e. The molecule has 1 aliphatic rings. The fraction of sp³-hybridized carbons (Fsp3) is 0.500. The van der Waals surface area contributed by atoms with Gasteiger partial charge in [-0.25, -0.2) is 0 Å². The van der Waals surface area contributed by atoms with Gasteiger partial charge in [-0.05, 0) is 44.0 Å². The molecule has 2 nitrogen and oxygen atoms in total.